The quantitative estimate of drug-likeness (QED) is 0.210. The summed E-state index contributed by atoms with van der Waals surface area (Å²) >= 11 is 0. The maximum Gasteiger partial charge on any atom is 0.0543 e. The predicted octanol–water partition coefficient (Wildman–Crippen LogP) is 11.0. The Balaban J connectivity index is 0.000000138. The van der Waals surface area contributed by atoms with Crippen molar-refractivity contribution in [3.8, 4) is 11.4 Å². The number of para-hydroxylation sites is 4. The van der Waals surface area contributed by atoms with Gasteiger partial charge >= 0.3 is 0 Å². The second-order valence-electron chi connectivity index (χ2n) is 11.3. The third kappa shape index (κ3) is 4.46. The van der Waals surface area contributed by atoms with Crippen molar-refractivity contribution in [2.75, 3.05) is 0 Å². The van der Waals surface area contributed by atoms with Gasteiger partial charge in [-0.3, -0.25) is 0 Å². The van der Waals surface area contributed by atoms with E-state index in [1.165, 1.54) is 66.1 Å². The van der Waals surface area contributed by atoms with Gasteiger partial charge in [-0.1, -0.05) is 110 Å². The van der Waals surface area contributed by atoms with Crippen LogP contribution in [-0.4, -0.2) is 9.13 Å². The summed E-state index contributed by atoms with van der Waals surface area (Å²) in [5.41, 5.74) is 10.2. The van der Waals surface area contributed by atoms with Crippen molar-refractivity contribution < 1.29 is 0 Å². The van der Waals surface area contributed by atoms with Crippen molar-refractivity contribution in [3.05, 3.63) is 157 Å². The van der Waals surface area contributed by atoms with E-state index in [2.05, 4.69) is 175 Å². The molecule has 0 spiro atoms. The SMILES string of the molecule is CC(C)c1ccc2c3ccccc3n(-c3ccccc3)c2c1.Cc1ccc2c(c1)c1ccccc1n2-c1ccccc1. The average molecular weight is 543 g/mol. The van der Waals surface area contributed by atoms with Gasteiger partial charge < -0.3 is 9.13 Å². The Kier molecular flexibility index (Phi) is 6.60. The van der Waals surface area contributed by atoms with E-state index in [0.29, 0.717) is 5.92 Å². The number of aromatic nitrogens is 2. The lowest BCUT2D eigenvalue weighted by molar-refractivity contribution is 0.868. The van der Waals surface area contributed by atoms with E-state index in [1.807, 2.05) is 0 Å². The fourth-order valence-corrected chi connectivity index (χ4v) is 6.14. The summed E-state index contributed by atoms with van der Waals surface area (Å²) in [4.78, 5) is 0. The van der Waals surface area contributed by atoms with Crippen LogP contribution in [0.2, 0.25) is 0 Å². The minimum absolute atomic E-state index is 0.534. The monoisotopic (exact) mass is 542 g/mol. The summed E-state index contributed by atoms with van der Waals surface area (Å²) in [6.45, 7) is 6.64. The normalized spacial score (nSPS) is 11.4. The third-order valence-electron chi connectivity index (χ3n) is 8.22. The maximum absolute atomic E-state index is 2.37. The van der Waals surface area contributed by atoms with E-state index in [-0.39, 0.29) is 0 Å². The first-order chi connectivity index (χ1) is 20.6. The summed E-state index contributed by atoms with van der Waals surface area (Å²) in [6.07, 6.45) is 0. The molecule has 0 aliphatic carbocycles. The van der Waals surface area contributed by atoms with Crippen LogP contribution in [0.25, 0.3) is 55.0 Å². The lowest BCUT2D eigenvalue weighted by Gasteiger charge is -2.10. The minimum atomic E-state index is 0.534. The first-order valence-electron chi connectivity index (χ1n) is 14.7. The molecule has 6 aromatic carbocycles. The van der Waals surface area contributed by atoms with Crippen LogP contribution in [0.5, 0.6) is 0 Å². The van der Waals surface area contributed by atoms with Crippen LogP contribution in [0.3, 0.4) is 0 Å². The Hall–Kier alpha value is -5.08. The van der Waals surface area contributed by atoms with Crippen LogP contribution in [0, 0.1) is 6.92 Å². The molecule has 42 heavy (non-hydrogen) atoms. The molecular formula is C40H34N2. The van der Waals surface area contributed by atoms with E-state index in [4.69, 9.17) is 0 Å². The van der Waals surface area contributed by atoms with Crippen LogP contribution in [0.4, 0.5) is 0 Å². The van der Waals surface area contributed by atoms with Crippen LogP contribution in [-0.2, 0) is 0 Å². The van der Waals surface area contributed by atoms with Crippen LogP contribution in [0.15, 0.2) is 146 Å². The Morgan fingerprint density at radius 3 is 1.48 bits per heavy atom. The summed E-state index contributed by atoms with van der Waals surface area (Å²) in [5, 5.41) is 5.28. The van der Waals surface area contributed by atoms with Crippen molar-refractivity contribution in [1.82, 2.24) is 9.13 Å². The van der Waals surface area contributed by atoms with E-state index >= 15 is 0 Å². The molecule has 2 heterocycles. The average Bonchev–Trinajstić information content (AvgIpc) is 3.54. The molecule has 2 aromatic heterocycles. The van der Waals surface area contributed by atoms with Gasteiger partial charge in [0.2, 0.25) is 0 Å². The zero-order valence-corrected chi connectivity index (χ0v) is 24.3. The van der Waals surface area contributed by atoms with Gasteiger partial charge in [0.15, 0.2) is 0 Å². The predicted molar refractivity (Wildman–Crippen MR) is 180 cm³/mol. The summed E-state index contributed by atoms with van der Waals surface area (Å²) in [5.74, 6) is 0.534. The van der Waals surface area contributed by atoms with E-state index in [0.717, 1.165) is 0 Å². The number of rotatable bonds is 3. The molecule has 2 nitrogen and oxygen atoms in total. The first kappa shape index (κ1) is 25.9. The molecule has 0 aliphatic rings. The number of hydrogen-bond donors (Lipinski definition) is 0. The van der Waals surface area contributed by atoms with E-state index < -0.39 is 0 Å². The molecule has 204 valence electrons. The van der Waals surface area contributed by atoms with E-state index in [1.54, 1.807) is 0 Å². The molecule has 0 amide bonds. The molecule has 0 fully saturated rings. The maximum atomic E-state index is 2.37. The number of fused-ring (bicyclic) bond motifs is 6. The molecule has 0 bridgehead atoms. The summed E-state index contributed by atoms with van der Waals surface area (Å²) < 4.78 is 4.71. The highest BCUT2D eigenvalue weighted by atomic mass is 15.0. The highest BCUT2D eigenvalue weighted by molar-refractivity contribution is 6.10. The van der Waals surface area contributed by atoms with Gasteiger partial charge in [0.05, 0.1) is 22.1 Å². The minimum Gasteiger partial charge on any atom is -0.309 e. The standard InChI is InChI=1S/C21H19N.C19H15N/c1-15(2)16-12-13-19-18-10-6-7-11-20(18)22(21(19)14-16)17-8-4-3-5-9-17;1-14-11-12-19-17(13-14)16-9-5-6-10-18(16)20(19)15-7-3-2-4-8-15/h3-15H,1-2H3;2-13H,1H3. The van der Waals surface area contributed by atoms with Crippen molar-refractivity contribution >= 4 is 43.6 Å². The Labute approximate surface area is 247 Å². The van der Waals surface area contributed by atoms with Crippen LogP contribution >= 0.6 is 0 Å². The lowest BCUT2D eigenvalue weighted by Crippen LogP contribution is -1.94. The number of hydrogen-bond acceptors (Lipinski definition) is 0. The number of benzene rings is 6. The first-order valence-corrected chi connectivity index (χ1v) is 14.7. The largest absolute Gasteiger partial charge is 0.309 e. The smallest absolute Gasteiger partial charge is 0.0543 e. The van der Waals surface area contributed by atoms with Crippen molar-refractivity contribution in [1.29, 1.82) is 0 Å². The van der Waals surface area contributed by atoms with Gasteiger partial charge in [-0.15, -0.1) is 0 Å². The van der Waals surface area contributed by atoms with Gasteiger partial charge in [-0.05, 0) is 73.0 Å². The number of nitrogens with zero attached hydrogens (tertiary/aromatic N) is 2. The Morgan fingerprint density at radius 1 is 0.405 bits per heavy atom. The fourth-order valence-electron chi connectivity index (χ4n) is 6.14. The van der Waals surface area contributed by atoms with Gasteiger partial charge in [-0.25, -0.2) is 0 Å². The molecule has 0 unspecified atom stereocenters. The van der Waals surface area contributed by atoms with Crippen molar-refractivity contribution in [2.45, 2.75) is 26.7 Å². The molecule has 8 aromatic rings. The summed E-state index contributed by atoms with van der Waals surface area (Å²) in [7, 11) is 0. The summed E-state index contributed by atoms with van der Waals surface area (Å²) in [6, 6.07) is 52.0. The zero-order valence-electron chi connectivity index (χ0n) is 24.3. The lowest BCUT2D eigenvalue weighted by atomic mass is 10.0. The third-order valence-corrected chi connectivity index (χ3v) is 8.22. The second kappa shape index (κ2) is 10.7. The topological polar surface area (TPSA) is 9.86 Å². The number of aryl methyl sites for hydroxylation is 1. The highest BCUT2D eigenvalue weighted by Crippen LogP contribution is 2.34. The van der Waals surface area contributed by atoms with E-state index in [9.17, 15) is 0 Å². The molecule has 0 saturated heterocycles. The van der Waals surface area contributed by atoms with Crippen molar-refractivity contribution in [2.24, 2.45) is 0 Å². The van der Waals surface area contributed by atoms with Gasteiger partial charge in [-0.2, -0.15) is 0 Å². The van der Waals surface area contributed by atoms with Crippen molar-refractivity contribution in [3.63, 3.8) is 0 Å². The molecule has 0 radical (unpaired) electrons. The molecule has 8 rings (SSSR count). The molecular weight excluding hydrogens is 508 g/mol. The molecule has 2 heteroatoms. The zero-order chi connectivity index (χ0) is 28.6. The van der Waals surface area contributed by atoms with Gasteiger partial charge in [0, 0.05) is 32.9 Å². The molecule has 0 aliphatic heterocycles. The highest BCUT2D eigenvalue weighted by Gasteiger charge is 2.13. The fraction of sp³-hybridized carbons (Fsp3) is 0.100. The van der Waals surface area contributed by atoms with Crippen LogP contribution < -0.4 is 0 Å². The Bertz CT molecular complexity index is 2160. The molecule has 0 N–H and O–H groups in total. The molecule has 0 atom stereocenters. The van der Waals surface area contributed by atoms with Crippen LogP contribution in [0.1, 0.15) is 30.9 Å². The second-order valence-corrected chi connectivity index (χ2v) is 11.3. The Morgan fingerprint density at radius 2 is 0.881 bits per heavy atom. The molecule has 0 saturated carbocycles. The van der Waals surface area contributed by atoms with Gasteiger partial charge in [0.25, 0.3) is 0 Å². The van der Waals surface area contributed by atoms with Gasteiger partial charge in [0.1, 0.15) is 0 Å².